The minimum absolute atomic E-state index is 0.0316. The van der Waals surface area contributed by atoms with Crippen molar-refractivity contribution in [2.75, 3.05) is 11.1 Å². The van der Waals surface area contributed by atoms with Crippen LogP contribution in [-0.4, -0.2) is 20.4 Å². The zero-order chi connectivity index (χ0) is 22.1. The molecule has 0 spiro atoms. The van der Waals surface area contributed by atoms with E-state index in [1.807, 2.05) is 55.1 Å². The highest BCUT2D eigenvalue weighted by Gasteiger charge is 2.15. The molecule has 0 aliphatic carbocycles. The third-order valence-electron chi connectivity index (χ3n) is 5.57. The van der Waals surface area contributed by atoms with E-state index in [4.69, 9.17) is 5.73 Å². The van der Waals surface area contributed by atoms with Gasteiger partial charge in [0.05, 0.1) is 11.8 Å². The highest BCUT2D eigenvalue weighted by molar-refractivity contribution is 6.01. The molecule has 2 heterocycles. The van der Waals surface area contributed by atoms with Crippen LogP contribution in [0.5, 0.6) is 0 Å². The van der Waals surface area contributed by atoms with Gasteiger partial charge in [0, 0.05) is 24.5 Å². The lowest BCUT2D eigenvalue weighted by atomic mass is 9.99. The molecule has 0 unspecified atom stereocenters. The number of amides is 1. The number of nitrogens with one attached hydrogen (secondary N) is 1. The van der Waals surface area contributed by atoms with Crippen LogP contribution in [0.2, 0.25) is 0 Å². The van der Waals surface area contributed by atoms with Crippen molar-refractivity contribution in [2.24, 2.45) is 7.05 Å². The van der Waals surface area contributed by atoms with E-state index in [1.54, 1.807) is 0 Å². The second kappa shape index (κ2) is 8.22. The van der Waals surface area contributed by atoms with Crippen LogP contribution < -0.4 is 11.1 Å². The predicted molar refractivity (Wildman–Crippen MR) is 126 cm³/mol. The number of anilines is 2. The molecule has 0 atom stereocenters. The zero-order valence-corrected chi connectivity index (χ0v) is 18.3. The number of carbonyl (C=O) groups is 1. The SMILES string of the molecule is Cc1cc(NC(=O)Cc2cccc(C(C)C)c2)ccc1-c1cn(C)c2ncnc(N)c12. The molecule has 0 radical (unpaired) electrons. The van der Waals surface area contributed by atoms with Gasteiger partial charge < -0.3 is 15.6 Å². The van der Waals surface area contributed by atoms with E-state index >= 15 is 0 Å². The molecule has 31 heavy (non-hydrogen) atoms. The highest BCUT2D eigenvalue weighted by atomic mass is 16.1. The van der Waals surface area contributed by atoms with Crippen molar-refractivity contribution >= 4 is 28.4 Å². The Kier molecular flexibility index (Phi) is 5.46. The quantitative estimate of drug-likeness (QED) is 0.491. The second-order valence-electron chi connectivity index (χ2n) is 8.27. The predicted octanol–water partition coefficient (Wildman–Crippen LogP) is 4.83. The van der Waals surface area contributed by atoms with Gasteiger partial charge in [-0.1, -0.05) is 44.2 Å². The summed E-state index contributed by atoms with van der Waals surface area (Å²) in [5.41, 5.74) is 13.0. The van der Waals surface area contributed by atoms with Crippen LogP contribution in [-0.2, 0) is 18.3 Å². The molecule has 4 aromatic rings. The first-order chi connectivity index (χ1) is 14.8. The Labute approximate surface area is 182 Å². The summed E-state index contributed by atoms with van der Waals surface area (Å²) in [4.78, 5) is 21.1. The van der Waals surface area contributed by atoms with Gasteiger partial charge in [-0.25, -0.2) is 9.97 Å². The number of carbonyl (C=O) groups excluding carboxylic acids is 1. The molecule has 0 bridgehead atoms. The number of nitrogens with two attached hydrogens (primary N) is 1. The molecule has 6 nitrogen and oxygen atoms in total. The summed E-state index contributed by atoms with van der Waals surface area (Å²) in [6.07, 6.45) is 3.83. The lowest BCUT2D eigenvalue weighted by Gasteiger charge is -2.11. The van der Waals surface area contributed by atoms with Crippen molar-refractivity contribution in [3.63, 3.8) is 0 Å². The Hall–Kier alpha value is -3.67. The van der Waals surface area contributed by atoms with E-state index in [-0.39, 0.29) is 5.91 Å². The summed E-state index contributed by atoms with van der Waals surface area (Å²) in [6, 6.07) is 14.1. The van der Waals surface area contributed by atoms with E-state index < -0.39 is 0 Å². The number of hydrogen-bond donors (Lipinski definition) is 2. The average Bonchev–Trinajstić information content (AvgIpc) is 3.06. The van der Waals surface area contributed by atoms with Crippen LogP contribution >= 0.6 is 0 Å². The molecule has 3 N–H and O–H groups in total. The van der Waals surface area contributed by atoms with Crippen molar-refractivity contribution in [1.82, 2.24) is 14.5 Å². The number of hydrogen-bond acceptors (Lipinski definition) is 4. The van der Waals surface area contributed by atoms with Gasteiger partial charge in [-0.3, -0.25) is 4.79 Å². The molecule has 158 valence electrons. The second-order valence-corrected chi connectivity index (χ2v) is 8.27. The smallest absolute Gasteiger partial charge is 0.228 e. The molecule has 0 saturated carbocycles. The Balaban J connectivity index is 1.56. The molecule has 1 amide bonds. The summed E-state index contributed by atoms with van der Waals surface area (Å²) < 4.78 is 1.95. The summed E-state index contributed by atoms with van der Waals surface area (Å²) in [5.74, 6) is 0.864. The summed E-state index contributed by atoms with van der Waals surface area (Å²) >= 11 is 0. The lowest BCUT2D eigenvalue weighted by Crippen LogP contribution is -2.14. The normalized spacial score (nSPS) is 11.3. The topological polar surface area (TPSA) is 85.8 Å². The molecular weight excluding hydrogens is 386 g/mol. The number of aromatic nitrogens is 3. The third-order valence-corrected chi connectivity index (χ3v) is 5.57. The first-order valence-electron chi connectivity index (χ1n) is 10.4. The van der Waals surface area contributed by atoms with Crippen LogP contribution in [0.4, 0.5) is 11.5 Å². The minimum atomic E-state index is -0.0316. The van der Waals surface area contributed by atoms with E-state index in [1.165, 1.54) is 11.9 Å². The average molecular weight is 414 g/mol. The molecule has 2 aromatic carbocycles. The zero-order valence-electron chi connectivity index (χ0n) is 18.3. The summed E-state index contributed by atoms with van der Waals surface area (Å²) in [6.45, 7) is 6.33. The molecular formula is C25H27N5O. The van der Waals surface area contributed by atoms with E-state index in [9.17, 15) is 4.79 Å². The van der Waals surface area contributed by atoms with Crippen LogP contribution in [0.1, 0.15) is 36.5 Å². The molecule has 0 aliphatic rings. The number of aryl methyl sites for hydroxylation is 2. The van der Waals surface area contributed by atoms with Gasteiger partial charge >= 0.3 is 0 Å². The van der Waals surface area contributed by atoms with Gasteiger partial charge in [0.2, 0.25) is 5.91 Å². The van der Waals surface area contributed by atoms with Crippen LogP contribution in [0.25, 0.3) is 22.2 Å². The van der Waals surface area contributed by atoms with Crippen molar-refractivity contribution < 1.29 is 4.79 Å². The fourth-order valence-electron chi connectivity index (χ4n) is 3.94. The van der Waals surface area contributed by atoms with Crippen molar-refractivity contribution in [3.05, 3.63) is 71.7 Å². The number of nitrogen functional groups attached to an aromatic ring is 1. The highest BCUT2D eigenvalue weighted by Crippen LogP contribution is 2.34. The number of rotatable bonds is 5. The van der Waals surface area contributed by atoms with Crippen LogP contribution in [0.15, 0.2) is 55.0 Å². The van der Waals surface area contributed by atoms with E-state index in [0.717, 1.165) is 39.0 Å². The van der Waals surface area contributed by atoms with Crippen molar-refractivity contribution in [1.29, 1.82) is 0 Å². The minimum Gasteiger partial charge on any atom is -0.383 e. The Morgan fingerprint density at radius 2 is 1.94 bits per heavy atom. The largest absolute Gasteiger partial charge is 0.383 e. The van der Waals surface area contributed by atoms with E-state index in [0.29, 0.717) is 18.2 Å². The maximum atomic E-state index is 12.6. The Bertz CT molecular complexity index is 1270. The first-order valence-corrected chi connectivity index (χ1v) is 10.4. The van der Waals surface area contributed by atoms with Crippen LogP contribution in [0.3, 0.4) is 0 Å². The standard InChI is InChI=1S/C25H27N5O/c1-15(2)18-7-5-6-17(11-18)12-22(31)29-19-8-9-20(16(3)10-19)21-13-30(4)25-23(21)24(26)27-14-28-25/h5-11,13-15H,12H2,1-4H3,(H,29,31)(H2,26,27,28). The molecule has 4 rings (SSSR count). The molecule has 0 fully saturated rings. The van der Waals surface area contributed by atoms with Gasteiger partial charge in [-0.15, -0.1) is 0 Å². The number of benzene rings is 2. The molecule has 0 aliphatic heterocycles. The van der Waals surface area contributed by atoms with Gasteiger partial charge in [-0.2, -0.15) is 0 Å². The molecule has 2 aromatic heterocycles. The fraction of sp³-hybridized carbons (Fsp3) is 0.240. The number of nitrogens with zero attached hydrogens (tertiary/aromatic N) is 3. The fourth-order valence-corrected chi connectivity index (χ4v) is 3.94. The summed E-state index contributed by atoms with van der Waals surface area (Å²) in [7, 11) is 1.94. The van der Waals surface area contributed by atoms with Crippen molar-refractivity contribution in [3.8, 4) is 11.1 Å². The van der Waals surface area contributed by atoms with Crippen molar-refractivity contribution in [2.45, 2.75) is 33.1 Å². The molecule has 0 saturated heterocycles. The Morgan fingerprint density at radius 1 is 1.13 bits per heavy atom. The Morgan fingerprint density at radius 3 is 2.68 bits per heavy atom. The van der Waals surface area contributed by atoms with E-state index in [2.05, 4.69) is 41.3 Å². The van der Waals surface area contributed by atoms with Gasteiger partial charge in [0.1, 0.15) is 17.8 Å². The lowest BCUT2D eigenvalue weighted by molar-refractivity contribution is -0.115. The van der Waals surface area contributed by atoms with Gasteiger partial charge in [0.15, 0.2) is 0 Å². The van der Waals surface area contributed by atoms with Gasteiger partial charge in [0.25, 0.3) is 0 Å². The summed E-state index contributed by atoms with van der Waals surface area (Å²) in [5, 5.41) is 3.86. The first kappa shape index (κ1) is 20.6. The number of fused-ring (bicyclic) bond motifs is 1. The third kappa shape index (κ3) is 4.14. The maximum absolute atomic E-state index is 12.6. The van der Waals surface area contributed by atoms with Gasteiger partial charge in [-0.05, 0) is 47.2 Å². The van der Waals surface area contributed by atoms with Crippen LogP contribution in [0, 0.1) is 6.92 Å². The molecule has 6 heteroatoms. The maximum Gasteiger partial charge on any atom is 0.228 e. The monoisotopic (exact) mass is 413 g/mol.